The van der Waals surface area contributed by atoms with Crippen molar-refractivity contribution in [2.45, 2.75) is 171 Å². The number of carbonyl (C=O) groups excluding carboxylic acids is 1. The summed E-state index contributed by atoms with van der Waals surface area (Å²) in [5, 5.41) is 9.35. The number of rotatable bonds is 10. The van der Waals surface area contributed by atoms with Crippen molar-refractivity contribution in [2.24, 2.45) is 68.0 Å². The molecule has 0 radical (unpaired) electrons. The first kappa shape index (κ1) is 38.4. The second-order valence-corrected chi connectivity index (χ2v) is 21.2. The zero-order valence-corrected chi connectivity index (χ0v) is 33.8. The van der Waals surface area contributed by atoms with Crippen LogP contribution < -0.4 is 0 Å². The van der Waals surface area contributed by atoms with Gasteiger partial charge in [-0.25, -0.2) is 0 Å². The molecule has 0 aromatic rings. The van der Waals surface area contributed by atoms with E-state index in [9.17, 15) is 14.7 Å². The Morgan fingerprint density at radius 1 is 0.840 bits per heavy atom. The molecule has 5 unspecified atom stereocenters. The SMILES string of the molecule is C=C(C)C1CC[C@]2(CCN3CCC(CC)CC3)CC[C@]3(C)[C@H](CCC4[C@@]5(C)CCC(OC(=O)CC(C)(C)CC(=O)O)C(C)(C)C5CC[C@]43C)C12. The lowest BCUT2D eigenvalue weighted by Crippen LogP contribution is -2.66. The Hall–Kier alpha value is -1.36. The Balaban J connectivity index is 1.20. The van der Waals surface area contributed by atoms with E-state index in [1.165, 1.54) is 102 Å². The van der Waals surface area contributed by atoms with Crippen LogP contribution in [0, 0.1) is 68.0 Å². The van der Waals surface area contributed by atoms with Crippen LogP contribution in [-0.4, -0.2) is 47.7 Å². The Kier molecular flexibility index (Phi) is 10.4. The first-order chi connectivity index (χ1) is 23.3. The maximum absolute atomic E-state index is 13.2. The largest absolute Gasteiger partial charge is 0.481 e. The molecule has 5 aliphatic carbocycles. The Bertz CT molecular complexity index is 1300. The van der Waals surface area contributed by atoms with Crippen LogP contribution in [0.1, 0.15) is 165 Å². The lowest BCUT2D eigenvalue weighted by atomic mass is 9.32. The number of aliphatic carboxylic acids is 1. The number of likely N-dealkylation sites (tertiary alicyclic amines) is 1. The predicted octanol–water partition coefficient (Wildman–Crippen LogP) is 11.0. The van der Waals surface area contributed by atoms with Crippen LogP contribution in [0.4, 0.5) is 0 Å². The normalized spacial score (nSPS) is 43.2. The van der Waals surface area contributed by atoms with E-state index in [1.807, 2.05) is 13.8 Å². The molecule has 5 heteroatoms. The van der Waals surface area contributed by atoms with Crippen LogP contribution in [0.5, 0.6) is 0 Å². The first-order valence-electron chi connectivity index (χ1n) is 21.1. The Morgan fingerprint density at radius 3 is 2.18 bits per heavy atom. The number of piperidine rings is 1. The molecule has 0 aromatic heterocycles. The molecule has 50 heavy (non-hydrogen) atoms. The fraction of sp³-hybridized carbons (Fsp3) is 0.911. The average molecular weight is 694 g/mol. The Labute approximate surface area is 306 Å². The molecule has 6 fully saturated rings. The fourth-order valence-corrected chi connectivity index (χ4v) is 15.0. The number of nitrogens with zero attached hydrogens (tertiary/aromatic N) is 1. The van der Waals surface area contributed by atoms with Gasteiger partial charge in [-0.2, -0.15) is 0 Å². The summed E-state index contributed by atoms with van der Waals surface area (Å²) in [5.74, 6) is 3.31. The van der Waals surface area contributed by atoms with E-state index in [0.29, 0.717) is 34.0 Å². The zero-order valence-electron chi connectivity index (χ0n) is 33.8. The second kappa shape index (κ2) is 13.5. The number of allylic oxidation sites excluding steroid dienone is 1. The minimum atomic E-state index is -0.862. The zero-order chi connectivity index (χ0) is 36.5. The van der Waals surface area contributed by atoms with Gasteiger partial charge in [0, 0.05) is 5.41 Å². The van der Waals surface area contributed by atoms with Gasteiger partial charge in [-0.1, -0.05) is 74.0 Å². The van der Waals surface area contributed by atoms with E-state index in [0.717, 1.165) is 30.6 Å². The summed E-state index contributed by atoms with van der Waals surface area (Å²) in [4.78, 5) is 27.5. The molecule has 0 bridgehead atoms. The molecule has 1 saturated heterocycles. The summed E-state index contributed by atoms with van der Waals surface area (Å²) in [7, 11) is 0. The van der Waals surface area contributed by atoms with Crippen LogP contribution in [0.25, 0.3) is 0 Å². The Morgan fingerprint density at radius 2 is 1.54 bits per heavy atom. The lowest BCUT2D eigenvalue weighted by Gasteiger charge is -2.73. The summed E-state index contributed by atoms with van der Waals surface area (Å²) >= 11 is 0. The van der Waals surface area contributed by atoms with Gasteiger partial charge in [0.2, 0.25) is 0 Å². The van der Waals surface area contributed by atoms with Crippen LogP contribution in [0.3, 0.4) is 0 Å². The molecule has 10 atom stereocenters. The van der Waals surface area contributed by atoms with Crippen LogP contribution in [0.2, 0.25) is 0 Å². The van der Waals surface area contributed by atoms with Gasteiger partial charge < -0.3 is 14.7 Å². The number of esters is 1. The summed E-state index contributed by atoms with van der Waals surface area (Å²) in [6.07, 6.45) is 18.4. The van der Waals surface area contributed by atoms with Gasteiger partial charge in [-0.15, -0.1) is 0 Å². The molecule has 0 amide bonds. The van der Waals surface area contributed by atoms with Gasteiger partial charge in [0.1, 0.15) is 6.10 Å². The van der Waals surface area contributed by atoms with Crippen LogP contribution >= 0.6 is 0 Å². The molecule has 5 nitrogen and oxygen atoms in total. The summed E-state index contributed by atoms with van der Waals surface area (Å²) < 4.78 is 6.31. The molecule has 1 N–H and O–H groups in total. The van der Waals surface area contributed by atoms with Gasteiger partial charge in [-0.05, 0) is 173 Å². The molecule has 6 aliphatic rings. The second-order valence-electron chi connectivity index (χ2n) is 21.2. The van der Waals surface area contributed by atoms with Gasteiger partial charge in [0.15, 0.2) is 0 Å². The minimum absolute atomic E-state index is 0.0240. The number of carboxylic acids is 1. The molecular formula is C45H75NO4. The van der Waals surface area contributed by atoms with Crippen molar-refractivity contribution in [3.8, 4) is 0 Å². The van der Waals surface area contributed by atoms with Crippen molar-refractivity contribution in [3.63, 3.8) is 0 Å². The number of hydrogen-bond donors (Lipinski definition) is 1. The highest BCUT2D eigenvalue weighted by atomic mass is 16.5. The van der Waals surface area contributed by atoms with E-state index < -0.39 is 11.4 Å². The molecule has 0 aromatic carbocycles. The first-order valence-corrected chi connectivity index (χ1v) is 21.1. The van der Waals surface area contributed by atoms with Gasteiger partial charge in [0.05, 0.1) is 12.8 Å². The standard InChI is InChI=1S/C45H75NO4/c1-11-31-17-25-46(26-18-31)27-24-45-21-14-32(30(2)3)39(45)33-12-13-35-42(8)19-16-36(50-38(49)29-40(4,5)28-37(47)48)41(6,7)34(42)15-20-44(35,10)43(33,9)22-23-45/h31-36,39H,2,11-29H2,1,3-10H3,(H,47,48)/t32?,33-,34?,35?,36?,39?,42+,43-,44-,45-/m1/s1. The monoisotopic (exact) mass is 694 g/mol. The molecule has 1 heterocycles. The summed E-state index contributed by atoms with van der Waals surface area (Å²) in [6, 6.07) is 0. The maximum Gasteiger partial charge on any atom is 0.306 e. The van der Waals surface area contributed by atoms with E-state index >= 15 is 0 Å². The quantitative estimate of drug-likeness (QED) is 0.182. The van der Waals surface area contributed by atoms with Crippen LogP contribution in [0.15, 0.2) is 12.2 Å². The van der Waals surface area contributed by atoms with E-state index in [-0.39, 0.29) is 35.7 Å². The van der Waals surface area contributed by atoms with E-state index in [1.54, 1.807) is 0 Å². The van der Waals surface area contributed by atoms with E-state index in [4.69, 9.17) is 4.74 Å². The number of fused-ring (bicyclic) bond motifs is 7. The highest BCUT2D eigenvalue weighted by Gasteiger charge is 2.71. The highest BCUT2D eigenvalue weighted by Crippen LogP contribution is 2.78. The van der Waals surface area contributed by atoms with Gasteiger partial charge >= 0.3 is 11.9 Å². The van der Waals surface area contributed by atoms with Gasteiger partial charge in [-0.3, -0.25) is 9.59 Å². The lowest BCUT2D eigenvalue weighted by molar-refractivity contribution is -0.250. The maximum atomic E-state index is 13.2. The van der Waals surface area contributed by atoms with Crippen molar-refractivity contribution in [1.29, 1.82) is 0 Å². The van der Waals surface area contributed by atoms with Crippen molar-refractivity contribution >= 4 is 11.9 Å². The molecule has 284 valence electrons. The third-order valence-electron chi connectivity index (χ3n) is 17.9. The smallest absolute Gasteiger partial charge is 0.306 e. The van der Waals surface area contributed by atoms with Gasteiger partial charge in [0.25, 0.3) is 0 Å². The van der Waals surface area contributed by atoms with Crippen molar-refractivity contribution in [1.82, 2.24) is 4.90 Å². The molecular weight excluding hydrogens is 618 g/mol. The van der Waals surface area contributed by atoms with Crippen LogP contribution in [-0.2, 0) is 14.3 Å². The number of carboxylic acid groups (broad SMARTS) is 1. The number of hydrogen-bond acceptors (Lipinski definition) is 4. The fourth-order valence-electron chi connectivity index (χ4n) is 15.0. The van der Waals surface area contributed by atoms with Crippen molar-refractivity contribution in [3.05, 3.63) is 12.2 Å². The van der Waals surface area contributed by atoms with Crippen molar-refractivity contribution < 1.29 is 19.4 Å². The molecule has 6 rings (SSSR count). The number of carbonyl (C=O) groups is 2. The van der Waals surface area contributed by atoms with Crippen molar-refractivity contribution in [2.75, 3.05) is 19.6 Å². The summed E-state index contributed by atoms with van der Waals surface area (Å²) in [6.45, 7) is 29.9. The molecule has 1 aliphatic heterocycles. The predicted molar refractivity (Wildman–Crippen MR) is 204 cm³/mol. The van der Waals surface area contributed by atoms with E-state index in [2.05, 4.69) is 59.9 Å². The topological polar surface area (TPSA) is 66.8 Å². The minimum Gasteiger partial charge on any atom is -0.481 e. The number of ether oxygens (including phenoxy) is 1. The third kappa shape index (κ3) is 6.36. The third-order valence-corrected chi connectivity index (χ3v) is 17.9. The molecule has 5 saturated carbocycles. The molecule has 0 spiro atoms. The average Bonchev–Trinajstić information content (AvgIpc) is 3.41. The highest BCUT2D eigenvalue weighted by molar-refractivity contribution is 5.73. The summed E-state index contributed by atoms with van der Waals surface area (Å²) in [5.41, 5.74) is 2.12.